The van der Waals surface area contributed by atoms with Crippen molar-refractivity contribution in [3.8, 4) is 11.5 Å². The first-order valence-electron chi connectivity index (χ1n) is 11.8. The van der Waals surface area contributed by atoms with Gasteiger partial charge in [0.15, 0.2) is 0 Å². The van der Waals surface area contributed by atoms with Gasteiger partial charge in [-0.25, -0.2) is 0 Å². The van der Waals surface area contributed by atoms with Gasteiger partial charge in [-0.1, -0.05) is 30.3 Å². The number of benzene rings is 2. The summed E-state index contributed by atoms with van der Waals surface area (Å²) in [6, 6.07) is 16.3. The van der Waals surface area contributed by atoms with E-state index in [4.69, 9.17) is 18.9 Å². The van der Waals surface area contributed by atoms with Crippen molar-refractivity contribution in [1.82, 2.24) is 10.2 Å². The third-order valence-corrected chi connectivity index (χ3v) is 5.78. The maximum absolute atomic E-state index is 13.2. The monoisotopic (exact) mass is 490 g/mol. The molecular weight excluding hydrogens is 456 g/mol. The number of amides is 1. The number of carbonyl (C=O) groups excluding carboxylic acids is 1. The summed E-state index contributed by atoms with van der Waals surface area (Å²) in [6.45, 7) is 4.12. The van der Waals surface area contributed by atoms with Crippen molar-refractivity contribution in [2.45, 2.75) is 44.6 Å². The van der Waals surface area contributed by atoms with Gasteiger partial charge in [0.2, 0.25) is 0 Å². The van der Waals surface area contributed by atoms with Crippen LogP contribution in [-0.2, 0) is 27.4 Å². The lowest BCUT2D eigenvalue weighted by Gasteiger charge is -2.30. The highest BCUT2D eigenvalue weighted by molar-refractivity contribution is 5.85. The molecule has 1 saturated heterocycles. The molecule has 1 N–H and O–H groups in total. The minimum Gasteiger partial charge on any atom is -0.493 e. The topological polar surface area (TPSA) is 69.3 Å². The standard InChI is InChI=1S/C26H34N2O5.ClH/c1-30-11-5-12-31-23-14-21(15-24(16-23)33-19-20-6-3-2-4-7-20)18-28(22-8-9-22)26(29)25-17-27-10-13-32-25;/h2-4,6-7,14-16,22,25,27H,5,8-13,17-19H2,1H3;1H. The normalized spacial score (nSPS) is 17.5. The second-order valence-corrected chi connectivity index (χ2v) is 8.54. The van der Waals surface area contributed by atoms with Crippen molar-refractivity contribution in [3.05, 3.63) is 59.7 Å². The molecule has 2 aromatic carbocycles. The molecule has 34 heavy (non-hydrogen) atoms. The van der Waals surface area contributed by atoms with Crippen LogP contribution < -0.4 is 14.8 Å². The number of halogens is 1. The lowest BCUT2D eigenvalue weighted by Crippen LogP contribution is -2.49. The molecule has 2 aliphatic rings. The average Bonchev–Trinajstić information content (AvgIpc) is 3.70. The van der Waals surface area contributed by atoms with Gasteiger partial charge in [-0.15, -0.1) is 12.4 Å². The van der Waals surface area contributed by atoms with Crippen molar-refractivity contribution in [1.29, 1.82) is 0 Å². The summed E-state index contributed by atoms with van der Waals surface area (Å²) in [5.74, 6) is 1.53. The number of carbonyl (C=O) groups is 1. The number of ether oxygens (including phenoxy) is 4. The molecular formula is C26H35ClN2O5. The van der Waals surface area contributed by atoms with E-state index >= 15 is 0 Å². The smallest absolute Gasteiger partial charge is 0.253 e. The summed E-state index contributed by atoms with van der Waals surface area (Å²) in [5, 5.41) is 3.26. The predicted molar refractivity (Wildman–Crippen MR) is 133 cm³/mol. The summed E-state index contributed by atoms with van der Waals surface area (Å²) >= 11 is 0. The van der Waals surface area contributed by atoms with Crippen molar-refractivity contribution in [3.63, 3.8) is 0 Å². The minimum atomic E-state index is -0.415. The van der Waals surface area contributed by atoms with Crippen LogP contribution in [0.1, 0.15) is 30.4 Å². The van der Waals surface area contributed by atoms with Crippen molar-refractivity contribution < 1.29 is 23.7 Å². The predicted octanol–water partition coefficient (Wildman–Crippen LogP) is 3.58. The first kappa shape index (κ1) is 26.3. The van der Waals surface area contributed by atoms with Crippen molar-refractivity contribution >= 4 is 18.3 Å². The molecule has 2 fully saturated rings. The van der Waals surface area contributed by atoms with Gasteiger partial charge in [0.05, 0.1) is 13.2 Å². The Labute approximate surface area is 208 Å². The van der Waals surface area contributed by atoms with Gasteiger partial charge in [-0.2, -0.15) is 0 Å². The zero-order valence-electron chi connectivity index (χ0n) is 19.7. The van der Waals surface area contributed by atoms with E-state index in [0.29, 0.717) is 39.5 Å². The lowest BCUT2D eigenvalue weighted by atomic mass is 10.1. The SMILES string of the molecule is COCCCOc1cc(CN(C(=O)C2CNCCO2)C2CC2)cc(OCc2ccccc2)c1.Cl. The van der Waals surface area contributed by atoms with Gasteiger partial charge in [0, 0.05) is 51.9 Å². The summed E-state index contributed by atoms with van der Waals surface area (Å²) in [4.78, 5) is 15.2. The molecule has 1 aliphatic heterocycles. The summed E-state index contributed by atoms with van der Waals surface area (Å²) in [7, 11) is 1.69. The Hall–Kier alpha value is -2.32. The quantitative estimate of drug-likeness (QED) is 0.459. The first-order chi connectivity index (χ1) is 16.2. The molecule has 1 aliphatic carbocycles. The fourth-order valence-corrected chi connectivity index (χ4v) is 3.90. The van der Waals surface area contributed by atoms with Gasteiger partial charge >= 0.3 is 0 Å². The van der Waals surface area contributed by atoms with Crippen molar-refractivity contribution in [2.75, 3.05) is 40.0 Å². The fraction of sp³-hybridized carbons (Fsp3) is 0.500. The van der Waals surface area contributed by atoms with Crippen LogP contribution in [-0.4, -0.2) is 63.0 Å². The average molecular weight is 491 g/mol. The van der Waals surface area contributed by atoms with Crippen LogP contribution >= 0.6 is 12.4 Å². The van der Waals surface area contributed by atoms with Crippen molar-refractivity contribution in [2.24, 2.45) is 0 Å². The number of nitrogens with one attached hydrogen (secondary N) is 1. The molecule has 0 spiro atoms. The van der Waals surface area contributed by atoms with E-state index in [9.17, 15) is 4.79 Å². The largest absolute Gasteiger partial charge is 0.493 e. The summed E-state index contributed by atoms with van der Waals surface area (Å²) in [5.41, 5.74) is 2.09. The number of nitrogens with zero attached hydrogens (tertiary/aromatic N) is 1. The van der Waals surface area contributed by atoms with Crippen LogP contribution in [0.15, 0.2) is 48.5 Å². The number of rotatable bonds is 12. The Morgan fingerprint density at radius 3 is 2.50 bits per heavy atom. The highest BCUT2D eigenvalue weighted by Crippen LogP contribution is 2.31. The van der Waals surface area contributed by atoms with Crippen LogP contribution in [0.3, 0.4) is 0 Å². The van der Waals surface area contributed by atoms with Gasteiger partial charge < -0.3 is 29.2 Å². The zero-order valence-corrected chi connectivity index (χ0v) is 20.6. The highest BCUT2D eigenvalue weighted by Gasteiger charge is 2.37. The molecule has 4 rings (SSSR count). The van der Waals surface area contributed by atoms with E-state index in [1.165, 1.54) is 0 Å². The number of methoxy groups -OCH3 is 1. The summed E-state index contributed by atoms with van der Waals surface area (Å²) in [6.07, 6.45) is 2.47. The highest BCUT2D eigenvalue weighted by atomic mass is 35.5. The molecule has 7 nitrogen and oxygen atoms in total. The van der Waals surface area contributed by atoms with Crippen LogP contribution in [0.4, 0.5) is 0 Å². The van der Waals surface area contributed by atoms with E-state index in [0.717, 1.165) is 48.4 Å². The van der Waals surface area contributed by atoms with E-state index in [-0.39, 0.29) is 24.4 Å². The molecule has 0 aromatic heterocycles. The van der Waals surface area contributed by atoms with Crippen LogP contribution in [0.2, 0.25) is 0 Å². The molecule has 2 aromatic rings. The lowest BCUT2D eigenvalue weighted by molar-refractivity contribution is -0.146. The van der Waals surface area contributed by atoms with Gasteiger partial charge in [0.25, 0.3) is 5.91 Å². The molecule has 186 valence electrons. The second kappa shape index (κ2) is 13.5. The molecule has 1 atom stereocenters. The Bertz CT molecular complexity index is 888. The number of morpholine rings is 1. The third kappa shape index (κ3) is 7.87. The fourth-order valence-electron chi connectivity index (χ4n) is 3.90. The molecule has 1 unspecified atom stereocenters. The molecule has 8 heteroatoms. The van der Waals surface area contributed by atoms with E-state index in [1.54, 1.807) is 7.11 Å². The van der Waals surface area contributed by atoms with Gasteiger partial charge in [-0.05, 0) is 36.1 Å². The van der Waals surface area contributed by atoms with Gasteiger partial charge in [-0.3, -0.25) is 4.79 Å². The molecule has 1 amide bonds. The Morgan fingerprint density at radius 1 is 1.06 bits per heavy atom. The molecule has 1 saturated carbocycles. The van der Waals surface area contributed by atoms with Crippen LogP contribution in [0, 0.1) is 0 Å². The number of hydrogen-bond donors (Lipinski definition) is 1. The minimum absolute atomic E-state index is 0. The molecule has 1 heterocycles. The second-order valence-electron chi connectivity index (χ2n) is 8.54. The third-order valence-electron chi connectivity index (χ3n) is 5.78. The Kier molecular flexibility index (Phi) is 10.5. The number of hydrogen-bond acceptors (Lipinski definition) is 6. The van der Waals surface area contributed by atoms with E-state index in [1.807, 2.05) is 53.4 Å². The summed E-state index contributed by atoms with van der Waals surface area (Å²) < 4.78 is 22.9. The molecule has 0 radical (unpaired) electrons. The maximum Gasteiger partial charge on any atom is 0.253 e. The Balaban J connectivity index is 0.00000324. The zero-order chi connectivity index (χ0) is 22.9. The maximum atomic E-state index is 13.2. The van der Waals surface area contributed by atoms with Crippen LogP contribution in [0.5, 0.6) is 11.5 Å². The van der Waals surface area contributed by atoms with E-state index < -0.39 is 6.10 Å². The first-order valence-corrected chi connectivity index (χ1v) is 11.8. The Morgan fingerprint density at radius 2 is 1.82 bits per heavy atom. The molecule has 0 bridgehead atoms. The van der Waals surface area contributed by atoms with Gasteiger partial charge in [0.1, 0.15) is 24.2 Å². The van der Waals surface area contributed by atoms with Crippen LogP contribution in [0.25, 0.3) is 0 Å². The van der Waals surface area contributed by atoms with E-state index in [2.05, 4.69) is 5.32 Å².